The lowest BCUT2D eigenvalue weighted by Gasteiger charge is -2.11. The first-order chi connectivity index (χ1) is 10.3. The second kappa shape index (κ2) is 5.17. The summed E-state index contributed by atoms with van der Waals surface area (Å²) in [5.74, 6) is -6.44. The van der Waals surface area contributed by atoms with Crippen LogP contribution in [-0.2, 0) is 0 Å². The summed E-state index contributed by atoms with van der Waals surface area (Å²) in [4.78, 5) is 45.1. The van der Waals surface area contributed by atoms with Gasteiger partial charge in [0.25, 0.3) is 0 Å². The molecule has 0 spiro atoms. The molecule has 0 unspecified atom stereocenters. The Morgan fingerprint density at radius 3 is 1.64 bits per heavy atom. The molecule has 0 aliphatic carbocycles. The first kappa shape index (κ1) is 15.0. The molecular weight excluding hydrogens is 296 g/mol. The van der Waals surface area contributed by atoms with Gasteiger partial charge in [-0.2, -0.15) is 0 Å². The summed E-state index contributed by atoms with van der Waals surface area (Å²) in [6, 6.07) is 4.51. The van der Waals surface area contributed by atoms with Crippen LogP contribution < -0.4 is 0 Å². The van der Waals surface area contributed by atoms with Crippen molar-refractivity contribution >= 4 is 34.6 Å². The summed E-state index contributed by atoms with van der Waals surface area (Å²) in [7, 11) is 0. The Morgan fingerprint density at radius 1 is 0.636 bits per heavy atom. The normalized spacial score (nSPS) is 10.4. The Labute approximate surface area is 121 Å². The van der Waals surface area contributed by atoms with Crippen molar-refractivity contribution in [3.05, 3.63) is 46.5 Å². The van der Waals surface area contributed by atoms with E-state index in [-0.39, 0.29) is 16.3 Å². The molecular formula is C14H8O8. The fourth-order valence-corrected chi connectivity index (χ4v) is 2.22. The fourth-order valence-electron chi connectivity index (χ4n) is 2.22. The van der Waals surface area contributed by atoms with E-state index in [4.69, 9.17) is 15.3 Å². The molecule has 4 N–H and O–H groups in total. The highest BCUT2D eigenvalue weighted by Gasteiger charge is 2.28. The second-order valence-electron chi connectivity index (χ2n) is 4.30. The molecule has 2 rings (SSSR count). The zero-order valence-electron chi connectivity index (χ0n) is 10.7. The molecule has 112 valence electrons. The van der Waals surface area contributed by atoms with Crippen LogP contribution in [0.15, 0.2) is 24.3 Å². The highest BCUT2D eigenvalue weighted by molar-refractivity contribution is 6.19. The number of hydrogen-bond donors (Lipinski definition) is 4. The van der Waals surface area contributed by atoms with Crippen LogP contribution in [0.5, 0.6) is 0 Å². The minimum Gasteiger partial charge on any atom is -0.478 e. The number of carboxylic acids is 4. The van der Waals surface area contributed by atoms with E-state index in [1.807, 2.05) is 0 Å². The van der Waals surface area contributed by atoms with Gasteiger partial charge in [-0.05, 0) is 22.9 Å². The predicted molar refractivity (Wildman–Crippen MR) is 71.8 cm³/mol. The summed E-state index contributed by atoms with van der Waals surface area (Å²) >= 11 is 0. The number of hydrogen-bond acceptors (Lipinski definition) is 4. The molecule has 22 heavy (non-hydrogen) atoms. The summed E-state index contributed by atoms with van der Waals surface area (Å²) in [6.07, 6.45) is 0. The molecule has 0 radical (unpaired) electrons. The minimum atomic E-state index is -1.72. The molecule has 2 aromatic carbocycles. The SMILES string of the molecule is O=C(O)c1cc2c(C(=O)O)cccc2c(C(=O)O)c1C(=O)O. The number of rotatable bonds is 4. The van der Waals surface area contributed by atoms with Gasteiger partial charge in [0.2, 0.25) is 0 Å². The van der Waals surface area contributed by atoms with E-state index in [0.29, 0.717) is 0 Å². The van der Waals surface area contributed by atoms with E-state index in [9.17, 15) is 24.3 Å². The van der Waals surface area contributed by atoms with Crippen molar-refractivity contribution in [3.8, 4) is 0 Å². The third-order valence-electron chi connectivity index (χ3n) is 3.07. The zero-order valence-corrected chi connectivity index (χ0v) is 10.7. The van der Waals surface area contributed by atoms with Gasteiger partial charge in [0.1, 0.15) is 0 Å². The van der Waals surface area contributed by atoms with Crippen molar-refractivity contribution < 1.29 is 39.6 Å². The Kier molecular flexibility index (Phi) is 3.52. The van der Waals surface area contributed by atoms with Crippen LogP contribution >= 0.6 is 0 Å². The lowest BCUT2D eigenvalue weighted by Crippen LogP contribution is -2.16. The summed E-state index contributed by atoms with van der Waals surface area (Å²) in [6.45, 7) is 0. The molecule has 0 atom stereocenters. The van der Waals surface area contributed by atoms with Crippen LogP contribution in [0.3, 0.4) is 0 Å². The van der Waals surface area contributed by atoms with E-state index < -0.39 is 40.6 Å². The van der Waals surface area contributed by atoms with Crippen molar-refractivity contribution in [3.63, 3.8) is 0 Å². The van der Waals surface area contributed by atoms with E-state index in [1.54, 1.807) is 0 Å². The maximum absolute atomic E-state index is 11.4. The van der Waals surface area contributed by atoms with Gasteiger partial charge >= 0.3 is 23.9 Å². The zero-order chi connectivity index (χ0) is 16.6. The van der Waals surface area contributed by atoms with Gasteiger partial charge in [-0.1, -0.05) is 12.1 Å². The number of benzene rings is 2. The van der Waals surface area contributed by atoms with Crippen molar-refractivity contribution in [2.75, 3.05) is 0 Å². The maximum atomic E-state index is 11.4. The van der Waals surface area contributed by atoms with Crippen LogP contribution in [0.1, 0.15) is 41.4 Å². The first-order valence-electron chi connectivity index (χ1n) is 5.78. The van der Waals surface area contributed by atoms with Gasteiger partial charge in [0.05, 0.1) is 22.3 Å². The fraction of sp³-hybridized carbons (Fsp3) is 0. The third kappa shape index (κ3) is 2.22. The highest BCUT2D eigenvalue weighted by atomic mass is 16.4. The van der Waals surface area contributed by atoms with Crippen LogP contribution in [0.25, 0.3) is 10.8 Å². The highest BCUT2D eigenvalue weighted by Crippen LogP contribution is 2.29. The van der Waals surface area contributed by atoms with Gasteiger partial charge in [0, 0.05) is 0 Å². The summed E-state index contributed by atoms with van der Waals surface area (Å²) in [5, 5.41) is 36.3. The van der Waals surface area contributed by atoms with Gasteiger partial charge in [-0.15, -0.1) is 0 Å². The predicted octanol–water partition coefficient (Wildman–Crippen LogP) is 1.63. The molecule has 0 aliphatic heterocycles. The largest absolute Gasteiger partial charge is 0.478 e. The maximum Gasteiger partial charge on any atom is 0.337 e. The number of aromatic carboxylic acids is 4. The monoisotopic (exact) mass is 304 g/mol. The third-order valence-corrected chi connectivity index (χ3v) is 3.07. The van der Waals surface area contributed by atoms with Crippen LogP contribution in [0.4, 0.5) is 0 Å². The molecule has 0 aliphatic rings. The average molecular weight is 304 g/mol. The summed E-state index contributed by atoms with van der Waals surface area (Å²) in [5.41, 5.74) is -2.76. The Balaban J connectivity index is 3.13. The van der Waals surface area contributed by atoms with Crippen molar-refractivity contribution in [2.45, 2.75) is 0 Å². The van der Waals surface area contributed by atoms with Crippen molar-refractivity contribution in [1.29, 1.82) is 0 Å². The Bertz CT molecular complexity index is 850. The first-order valence-corrected chi connectivity index (χ1v) is 5.78. The van der Waals surface area contributed by atoms with Crippen molar-refractivity contribution in [1.82, 2.24) is 0 Å². The molecule has 0 amide bonds. The van der Waals surface area contributed by atoms with E-state index in [0.717, 1.165) is 6.07 Å². The van der Waals surface area contributed by atoms with E-state index >= 15 is 0 Å². The molecule has 0 saturated heterocycles. The second-order valence-corrected chi connectivity index (χ2v) is 4.30. The number of carboxylic acid groups (broad SMARTS) is 4. The quantitative estimate of drug-likeness (QED) is 0.665. The van der Waals surface area contributed by atoms with Gasteiger partial charge in [-0.3, -0.25) is 0 Å². The number of carbonyl (C=O) groups is 4. The van der Waals surface area contributed by atoms with Gasteiger partial charge in [-0.25, -0.2) is 19.2 Å². The van der Waals surface area contributed by atoms with Crippen LogP contribution in [-0.4, -0.2) is 44.3 Å². The molecule has 8 heteroatoms. The lowest BCUT2D eigenvalue weighted by atomic mass is 9.91. The van der Waals surface area contributed by atoms with Gasteiger partial charge in [0.15, 0.2) is 0 Å². The van der Waals surface area contributed by atoms with Crippen LogP contribution in [0.2, 0.25) is 0 Å². The lowest BCUT2D eigenvalue weighted by molar-refractivity contribution is 0.0634. The summed E-state index contributed by atoms with van der Waals surface area (Å²) < 4.78 is 0. The molecule has 0 bridgehead atoms. The molecule has 2 aromatic rings. The average Bonchev–Trinajstić information content (AvgIpc) is 2.43. The molecule has 0 fully saturated rings. The van der Waals surface area contributed by atoms with E-state index in [1.165, 1.54) is 18.2 Å². The number of fused-ring (bicyclic) bond motifs is 1. The van der Waals surface area contributed by atoms with Crippen molar-refractivity contribution in [2.24, 2.45) is 0 Å². The van der Waals surface area contributed by atoms with Gasteiger partial charge < -0.3 is 20.4 Å². The minimum absolute atomic E-state index is 0.158. The van der Waals surface area contributed by atoms with E-state index in [2.05, 4.69) is 0 Å². The molecule has 8 nitrogen and oxygen atoms in total. The Morgan fingerprint density at radius 2 is 1.18 bits per heavy atom. The molecule has 0 heterocycles. The smallest absolute Gasteiger partial charge is 0.337 e. The Hall–Kier alpha value is -3.42. The molecule has 0 saturated carbocycles. The van der Waals surface area contributed by atoms with Crippen LogP contribution in [0, 0.1) is 0 Å². The topological polar surface area (TPSA) is 149 Å². The molecule has 0 aromatic heterocycles. The standard InChI is InChI=1S/C14H8O8/c15-11(16)6-3-1-2-5-7(6)4-8(12(17)18)10(14(21)22)9(5)13(19)20/h1-4H,(H,15,16)(H,17,18)(H,19,20)(H,21,22).